The molecule has 1 N–H and O–H groups in total. The third kappa shape index (κ3) is 5.11. The van der Waals surface area contributed by atoms with Crippen molar-refractivity contribution in [2.75, 3.05) is 5.75 Å². The van der Waals surface area contributed by atoms with Gasteiger partial charge in [0.2, 0.25) is 5.91 Å². The van der Waals surface area contributed by atoms with Gasteiger partial charge in [-0.05, 0) is 24.1 Å². The lowest BCUT2D eigenvalue weighted by molar-refractivity contribution is -0.117. The summed E-state index contributed by atoms with van der Waals surface area (Å²) in [6, 6.07) is 19.5. The molecule has 0 unspecified atom stereocenters. The smallest absolute Gasteiger partial charge is 0.244 e. The highest BCUT2D eigenvalue weighted by atomic mass is 32.2. The highest BCUT2D eigenvalue weighted by Crippen LogP contribution is 2.26. The first-order valence-electron chi connectivity index (χ1n) is 10.3. The Hall–Kier alpha value is -3.19. The number of hydrogen-bond donors (Lipinski definition) is 1. The molecular formula is C24H25N3O3S. The largest absolute Gasteiger partial charge is 0.346 e. The summed E-state index contributed by atoms with van der Waals surface area (Å²) in [5, 5.41) is 7.58. The van der Waals surface area contributed by atoms with Crippen LogP contribution >= 0.6 is 0 Å². The number of nitrogens with zero attached hydrogens (tertiary/aromatic N) is 2. The van der Waals surface area contributed by atoms with Gasteiger partial charge in [0.05, 0.1) is 29.8 Å². The number of rotatable bonds is 6. The first-order valence-corrected chi connectivity index (χ1v) is 12.1. The lowest BCUT2D eigenvalue weighted by Crippen LogP contribution is -2.24. The number of amides is 1. The Morgan fingerprint density at radius 3 is 2.52 bits per heavy atom. The third-order valence-corrected chi connectivity index (χ3v) is 6.99. The van der Waals surface area contributed by atoms with Crippen LogP contribution in [0.15, 0.2) is 66.7 Å². The summed E-state index contributed by atoms with van der Waals surface area (Å²) < 4.78 is 26.3. The number of hydrogen-bond acceptors (Lipinski definition) is 4. The van der Waals surface area contributed by atoms with Crippen molar-refractivity contribution >= 4 is 21.8 Å². The summed E-state index contributed by atoms with van der Waals surface area (Å²) >= 11 is 0. The van der Waals surface area contributed by atoms with Crippen molar-refractivity contribution in [2.24, 2.45) is 0 Å². The molecule has 31 heavy (non-hydrogen) atoms. The second-order valence-corrected chi connectivity index (χ2v) is 9.95. The zero-order chi connectivity index (χ0) is 21.8. The maximum Gasteiger partial charge on any atom is 0.244 e. The number of aromatic nitrogens is 2. The number of fused-ring (bicyclic) bond motifs is 1. The molecule has 0 spiro atoms. The lowest BCUT2D eigenvalue weighted by atomic mass is 10.1. The van der Waals surface area contributed by atoms with Crippen molar-refractivity contribution in [1.82, 2.24) is 15.1 Å². The summed E-state index contributed by atoms with van der Waals surface area (Å²) in [5.41, 5.74) is 4.27. The van der Waals surface area contributed by atoms with Crippen LogP contribution in [0.4, 0.5) is 0 Å². The molecule has 0 bridgehead atoms. The van der Waals surface area contributed by atoms with E-state index in [-0.39, 0.29) is 23.5 Å². The van der Waals surface area contributed by atoms with Gasteiger partial charge in [-0.15, -0.1) is 0 Å². The molecule has 0 saturated carbocycles. The Balaban J connectivity index is 1.56. The summed E-state index contributed by atoms with van der Waals surface area (Å²) in [7, 11) is -3.16. The predicted molar refractivity (Wildman–Crippen MR) is 121 cm³/mol. The highest BCUT2D eigenvalue weighted by molar-refractivity contribution is 7.90. The molecule has 0 fully saturated rings. The van der Waals surface area contributed by atoms with Crippen molar-refractivity contribution in [2.45, 2.75) is 31.7 Å². The first-order chi connectivity index (χ1) is 14.9. The fraction of sp³-hybridized carbons (Fsp3) is 0.250. The topological polar surface area (TPSA) is 81.1 Å². The molecule has 7 heteroatoms. The van der Waals surface area contributed by atoms with Gasteiger partial charge in [-0.25, -0.2) is 8.42 Å². The minimum atomic E-state index is -3.16. The Labute approximate surface area is 182 Å². The Morgan fingerprint density at radius 2 is 1.81 bits per heavy atom. The molecule has 0 saturated heterocycles. The average Bonchev–Trinajstić information content (AvgIpc) is 3.08. The third-order valence-electron chi connectivity index (χ3n) is 5.44. The van der Waals surface area contributed by atoms with Crippen LogP contribution in [-0.4, -0.2) is 29.9 Å². The van der Waals surface area contributed by atoms with E-state index in [1.165, 1.54) is 6.08 Å². The molecule has 3 aromatic rings. The van der Waals surface area contributed by atoms with Gasteiger partial charge in [-0.3, -0.25) is 9.48 Å². The Bertz CT molecular complexity index is 1200. The molecule has 0 radical (unpaired) electrons. The Morgan fingerprint density at radius 1 is 1.13 bits per heavy atom. The van der Waals surface area contributed by atoms with Gasteiger partial charge in [-0.2, -0.15) is 5.10 Å². The van der Waals surface area contributed by atoms with Gasteiger partial charge in [0.1, 0.15) is 0 Å². The van der Waals surface area contributed by atoms with Crippen LogP contribution in [0.5, 0.6) is 0 Å². The summed E-state index contributed by atoms with van der Waals surface area (Å²) in [6.07, 6.45) is 3.48. The van der Waals surface area contributed by atoms with Crippen molar-refractivity contribution in [1.29, 1.82) is 0 Å². The van der Waals surface area contributed by atoms with E-state index in [1.54, 1.807) is 6.08 Å². The molecule has 1 atom stereocenters. The molecule has 0 aliphatic carbocycles. The second-order valence-electron chi connectivity index (χ2n) is 7.77. The van der Waals surface area contributed by atoms with Crippen molar-refractivity contribution in [3.8, 4) is 0 Å². The summed E-state index contributed by atoms with van der Waals surface area (Å²) in [5.74, 6) is -0.168. The SMILES string of the molecule is C[C@H](NC(=O)C=Cc1nn(Cc2ccccc2)c2c1CS(=O)(=O)CC2)c1ccccc1. The standard InChI is InChI=1S/C24H25N3O3S/c1-18(20-10-6-3-7-11-20)25-24(28)13-12-22-21-17-31(29,30)15-14-23(21)27(26-22)16-19-8-4-2-5-9-19/h2-13,18H,14-17H2,1H3,(H,25,28)/t18-/m0/s1. The second kappa shape index (κ2) is 8.89. The minimum Gasteiger partial charge on any atom is -0.346 e. The van der Waals surface area contributed by atoms with E-state index in [1.807, 2.05) is 72.3 Å². The zero-order valence-electron chi connectivity index (χ0n) is 17.4. The van der Waals surface area contributed by atoms with Crippen LogP contribution in [0.3, 0.4) is 0 Å². The van der Waals surface area contributed by atoms with E-state index in [0.717, 1.165) is 16.8 Å². The molecule has 1 aliphatic rings. The van der Waals surface area contributed by atoms with E-state index >= 15 is 0 Å². The van der Waals surface area contributed by atoms with Crippen LogP contribution in [0.25, 0.3) is 6.08 Å². The fourth-order valence-electron chi connectivity index (χ4n) is 3.80. The number of sulfone groups is 1. The molecular weight excluding hydrogens is 410 g/mol. The number of benzene rings is 2. The van der Waals surface area contributed by atoms with Crippen molar-refractivity contribution in [3.05, 3.63) is 94.8 Å². The molecule has 160 valence electrons. The van der Waals surface area contributed by atoms with Gasteiger partial charge < -0.3 is 5.32 Å². The highest BCUT2D eigenvalue weighted by Gasteiger charge is 2.28. The van der Waals surface area contributed by atoms with Crippen molar-refractivity contribution < 1.29 is 13.2 Å². The molecule has 4 rings (SSSR count). The molecule has 6 nitrogen and oxygen atoms in total. The number of carbonyl (C=O) groups is 1. The van der Waals surface area contributed by atoms with Crippen LogP contribution < -0.4 is 5.32 Å². The summed E-state index contributed by atoms with van der Waals surface area (Å²) in [4.78, 5) is 12.4. The average molecular weight is 436 g/mol. The maximum absolute atomic E-state index is 12.4. The molecule has 1 aliphatic heterocycles. The normalized spacial score (nSPS) is 16.0. The van der Waals surface area contributed by atoms with Crippen LogP contribution in [0, 0.1) is 0 Å². The number of carbonyl (C=O) groups excluding carboxylic acids is 1. The van der Waals surface area contributed by atoms with Gasteiger partial charge in [0.15, 0.2) is 9.84 Å². The van der Waals surface area contributed by atoms with E-state index in [2.05, 4.69) is 10.4 Å². The van der Waals surface area contributed by atoms with E-state index in [4.69, 9.17) is 0 Å². The quantitative estimate of drug-likeness (QED) is 0.603. The van der Waals surface area contributed by atoms with Gasteiger partial charge in [-0.1, -0.05) is 60.7 Å². The van der Waals surface area contributed by atoms with Gasteiger partial charge >= 0.3 is 0 Å². The van der Waals surface area contributed by atoms with Crippen LogP contribution in [0.2, 0.25) is 0 Å². The van der Waals surface area contributed by atoms with E-state index in [0.29, 0.717) is 24.2 Å². The van der Waals surface area contributed by atoms with Crippen LogP contribution in [-0.2, 0) is 33.4 Å². The maximum atomic E-state index is 12.4. The predicted octanol–water partition coefficient (Wildman–Crippen LogP) is 3.29. The monoisotopic (exact) mass is 435 g/mol. The molecule has 2 aromatic carbocycles. The van der Waals surface area contributed by atoms with Gasteiger partial charge in [0, 0.05) is 23.8 Å². The van der Waals surface area contributed by atoms with Gasteiger partial charge in [0.25, 0.3) is 0 Å². The Kier molecular flexibility index (Phi) is 6.04. The van der Waals surface area contributed by atoms with E-state index < -0.39 is 9.84 Å². The summed E-state index contributed by atoms with van der Waals surface area (Å²) in [6.45, 7) is 2.48. The molecule has 2 heterocycles. The zero-order valence-corrected chi connectivity index (χ0v) is 18.2. The molecule has 1 amide bonds. The lowest BCUT2D eigenvalue weighted by Gasteiger charge is -2.15. The minimum absolute atomic E-state index is 0.0428. The molecule has 1 aromatic heterocycles. The van der Waals surface area contributed by atoms with Crippen molar-refractivity contribution in [3.63, 3.8) is 0 Å². The number of nitrogens with one attached hydrogen (secondary N) is 1. The first kappa shape index (κ1) is 21.1. The van der Waals surface area contributed by atoms with Crippen LogP contribution in [0.1, 0.15) is 41.0 Å². The fourth-order valence-corrected chi connectivity index (χ4v) is 5.20. The van der Waals surface area contributed by atoms with E-state index in [9.17, 15) is 13.2 Å².